The zero-order chi connectivity index (χ0) is 18.2. The van der Waals surface area contributed by atoms with E-state index in [1.807, 2.05) is 4.57 Å². The van der Waals surface area contributed by atoms with Crippen molar-refractivity contribution in [3.63, 3.8) is 0 Å². The first-order valence-corrected chi connectivity index (χ1v) is 10.1. The maximum Gasteiger partial charge on any atom is 0.191 e. The van der Waals surface area contributed by atoms with Gasteiger partial charge in [0.15, 0.2) is 5.96 Å². The molecule has 8 heteroatoms. The summed E-state index contributed by atoms with van der Waals surface area (Å²) in [6.07, 6.45) is 8.12. The van der Waals surface area contributed by atoms with E-state index >= 15 is 0 Å². The molecule has 1 saturated carbocycles. The Morgan fingerprint density at radius 1 is 1.22 bits per heavy atom. The summed E-state index contributed by atoms with van der Waals surface area (Å²) in [5, 5.41) is 14.5. The minimum absolute atomic E-state index is 0. The summed E-state index contributed by atoms with van der Waals surface area (Å²) in [7, 11) is 0. The summed E-state index contributed by atoms with van der Waals surface area (Å²) in [5.74, 6) is 0.915. The smallest absolute Gasteiger partial charge is 0.191 e. The quantitative estimate of drug-likeness (QED) is 0.218. The molecule has 0 saturated heterocycles. The highest BCUT2D eigenvalue weighted by molar-refractivity contribution is 14.0. The summed E-state index contributed by atoms with van der Waals surface area (Å²) in [6.45, 7) is 5.67. The summed E-state index contributed by atoms with van der Waals surface area (Å²) in [5.41, 5.74) is 1.61. The number of aryl methyl sites for hydroxylation is 1. The van der Waals surface area contributed by atoms with Crippen molar-refractivity contribution in [1.29, 1.82) is 0 Å². The summed E-state index contributed by atoms with van der Waals surface area (Å²) in [4.78, 5) is 4.86. The fourth-order valence-electron chi connectivity index (χ4n) is 3.04. The predicted octanol–water partition coefficient (Wildman–Crippen LogP) is 3.73. The van der Waals surface area contributed by atoms with Crippen molar-refractivity contribution < 1.29 is 0 Å². The molecule has 27 heavy (non-hydrogen) atoms. The van der Waals surface area contributed by atoms with Crippen LogP contribution < -0.4 is 10.6 Å². The van der Waals surface area contributed by atoms with Crippen molar-refractivity contribution >= 4 is 45.9 Å². The minimum atomic E-state index is 0. The number of benzene rings is 1. The van der Waals surface area contributed by atoms with E-state index in [1.165, 1.54) is 18.4 Å². The van der Waals surface area contributed by atoms with Gasteiger partial charge in [-0.2, -0.15) is 0 Å². The third-order valence-electron chi connectivity index (χ3n) is 4.78. The van der Waals surface area contributed by atoms with E-state index in [2.05, 4.69) is 68.0 Å². The first kappa shape index (κ1) is 22.1. The number of guanidine groups is 1. The van der Waals surface area contributed by atoms with Crippen molar-refractivity contribution in [2.24, 2.45) is 4.99 Å². The number of rotatable bonds is 9. The van der Waals surface area contributed by atoms with Gasteiger partial charge in [-0.1, -0.05) is 28.1 Å². The molecule has 0 radical (unpaired) electrons. The van der Waals surface area contributed by atoms with Gasteiger partial charge in [0, 0.05) is 29.5 Å². The van der Waals surface area contributed by atoms with Crippen LogP contribution in [0.2, 0.25) is 0 Å². The molecule has 2 aromatic rings. The maximum absolute atomic E-state index is 4.86. The van der Waals surface area contributed by atoms with Crippen LogP contribution in [-0.2, 0) is 12.0 Å². The minimum Gasteiger partial charge on any atom is -0.357 e. The van der Waals surface area contributed by atoms with Crippen molar-refractivity contribution in [3.05, 3.63) is 47.0 Å². The third-order valence-corrected chi connectivity index (χ3v) is 5.27. The van der Waals surface area contributed by atoms with Gasteiger partial charge < -0.3 is 15.2 Å². The standard InChI is InChI=1S/C19H27BrN6.HI/c1-2-21-18(22-10-3-4-11-26-14-24-25-15-26)23-13-19(8-9-19)16-6-5-7-17(20)12-16;/h5-7,12,14-15H,2-4,8-11,13H2,1H3,(H2,21,22,23);1H. The molecule has 1 fully saturated rings. The zero-order valence-corrected chi connectivity index (χ0v) is 19.6. The molecule has 0 amide bonds. The van der Waals surface area contributed by atoms with E-state index in [4.69, 9.17) is 4.99 Å². The number of aromatic nitrogens is 3. The number of nitrogens with one attached hydrogen (secondary N) is 2. The topological polar surface area (TPSA) is 67.1 Å². The fourth-order valence-corrected chi connectivity index (χ4v) is 3.44. The molecule has 0 bridgehead atoms. The highest BCUT2D eigenvalue weighted by Gasteiger charge is 2.44. The number of unbranched alkanes of at least 4 members (excludes halogenated alkanes) is 1. The van der Waals surface area contributed by atoms with Crippen LogP contribution in [0.1, 0.15) is 38.2 Å². The molecule has 0 atom stereocenters. The molecule has 2 N–H and O–H groups in total. The first-order chi connectivity index (χ1) is 12.7. The number of aliphatic imine (C=N–C) groups is 1. The average Bonchev–Trinajstić information content (AvgIpc) is 3.26. The van der Waals surface area contributed by atoms with Gasteiger partial charge in [0.25, 0.3) is 0 Å². The molecule has 6 nitrogen and oxygen atoms in total. The molecule has 0 unspecified atom stereocenters. The molecular weight excluding hydrogens is 519 g/mol. The Labute approximate surface area is 186 Å². The van der Waals surface area contributed by atoms with Gasteiger partial charge in [0.2, 0.25) is 0 Å². The average molecular weight is 547 g/mol. The van der Waals surface area contributed by atoms with E-state index in [0.29, 0.717) is 0 Å². The van der Waals surface area contributed by atoms with Crippen LogP contribution in [0, 0.1) is 0 Å². The van der Waals surface area contributed by atoms with E-state index in [-0.39, 0.29) is 29.4 Å². The lowest BCUT2D eigenvalue weighted by Gasteiger charge is -2.16. The normalized spacial score (nSPS) is 15.1. The number of hydrogen-bond donors (Lipinski definition) is 2. The molecule has 3 rings (SSSR count). The molecule has 1 aromatic carbocycles. The van der Waals surface area contributed by atoms with E-state index < -0.39 is 0 Å². The van der Waals surface area contributed by atoms with Crippen molar-refractivity contribution in [2.45, 2.75) is 44.6 Å². The molecular formula is C19H28BrIN6. The number of halogens is 2. The second kappa shape index (κ2) is 11.0. The zero-order valence-electron chi connectivity index (χ0n) is 15.7. The highest BCUT2D eigenvalue weighted by Crippen LogP contribution is 2.48. The largest absolute Gasteiger partial charge is 0.357 e. The predicted molar refractivity (Wildman–Crippen MR) is 124 cm³/mol. The van der Waals surface area contributed by atoms with Crippen molar-refractivity contribution in [3.8, 4) is 0 Å². The number of hydrogen-bond acceptors (Lipinski definition) is 3. The summed E-state index contributed by atoms with van der Waals surface area (Å²) < 4.78 is 3.15. The summed E-state index contributed by atoms with van der Waals surface area (Å²) in [6, 6.07) is 8.64. The van der Waals surface area contributed by atoms with Crippen LogP contribution in [0.15, 0.2) is 46.4 Å². The van der Waals surface area contributed by atoms with E-state index in [1.54, 1.807) is 12.7 Å². The molecule has 0 aliphatic heterocycles. The van der Waals surface area contributed by atoms with Gasteiger partial charge in [0.1, 0.15) is 12.7 Å². The van der Waals surface area contributed by atoms with Crippen molar-refractivity contribution in [1.82, 2.24) is 25.4 Å². The molecule has 1 aliphatic rings. The molecule has 1 aromatic heterocycles. The molecule has 148 valence electrons. The first-order valence-electron chi connectivity index (χ1n) is 9.32. The lowest BCUT2D eigenvalue weighted by Crippen LogP contribution is -2.38. The SMILES string of the molecule is CCNC(=NCC1(c2cccc(Br)c2)CC1)NCCCCn1cnnc1.I. The Hall–Kier alpha value is -1.16. The third kappa shape index (κ3) is 6.74. The van der Waals surface area contributed by atoms with Gasteiger partial charge in [-0.05, 0) is 50.3 Å². The lowest BCUT2D eigenvalue weighted by atomic mass is 9.96. The van der Waals surface area contributed by atoms with E-state index in [9.17, 15) is 0 Å². The number of nitrogens with zero attached hydrogens (tertiary/aromatic N) is 4. The van der Waals surface area contributed by atoms with Crippen LogP contribution >= 0.6 is 39.9 Å². The Balaban J connectivity index is 0.00000261. The van der Waals surface area contributed by atoms with Crippen molar-refractivity contribution in [2.75, 3.05) is 19.6 Å². The van der Waals surface area contributed by atoms with Crippen LogP contribution in [0.4, 0.5) is 0 Å². The molecule has 1 heterocycles. The Bertz CT molecular complexity index is 715. The summed E-state index contributed by atoms with van der Waals surface area (Å²) >= 11 is 3.58. The lowest BCUT2D eigenvalue weighted by molar-refractivity contribution is 0.596. The van der Waals surface area contributed by atoms with Gasteiger partial charge in [0.05, 0.1) is 6.54 Å². The van der Waals surface area contributed by atoms with Crippen LogP contribution in [0.25, 0.3) is 0 Å². The molecule has 1 aliphatic carbocycles. The van der Waals surface area contributed by atoms with Gasteiger partial charge in [-0.3, -0.25) is 4.99 Å². The van der Waals surface area contributed by atoms with Crippen LogP contribution in [-0.4, -0.2) is 40.4 Å². The van der Waals surface area contributed by atoms with Gasteiger partial charge in [-0.15, -0.1) is 34.2 Å². The van der Waals surface area contributed by atoms with Crippen LogP contribution in [0.3, 0.4) is 0 Å². The van der Waals surface area contributed by atoms with Gasteiger partial charge >= 0.3 is 0 Å². The second-order valence-electron chi connectivity index (χ2n) is 6.82. The van der Waals surface area contributed by atoms with Gasteiger partial charge in [-0.25, -0.2) is 0 Å². The Morgan fingerprint density at radius 3 is 2.67 bits per heavy atom. The monoisotopic (exact) mass is 546 g/mol. The molecule has 0 spiro atoms. The van der Waals surface area contributed by atoms with E-state index in [0.717, 1.165) is 49.5 Å². The fraction of sp³-hybridized carbons (Fsp3) is 0.526. The Morgan fingerprint density at radius 2 is 2.00 bits per heavy atom. The maximum atomic E-state index is 4.86. The Kier molecular flexibility index (Phi) is 9.01. The second-order valence-corrected chi connectivity index (χ2v) is 7.74. The highest BCUT2D eigenvalue weighted by atomic mass is 127. The van der Waals surface area contributed by atoms with Crippen LogP contribution in [0.5, 0.6) is 0 Å².